The topological polar surface area (TPSA) is 60.7 Å². The molecular weight excluding hydrogens is 336 g/mol. The third kappa shape index (κ3) is 72.6. The summed E-state index contributed by atoms with van der Waals surface area (Å²) in [4.78, 5) is 0. The van der Waals surface area contributed by atoms with E-state index in [0.717, 1.165) is 0 Å². The molecule has 0 unspecified atom stereocenters. The van der Waals surface area contributed by atoms with Gasteiger partial charge in [0.2, 0.25) is 0 Å². The van der Waals surface area contributed by atoms with Gasteiger partial charge in [-0.05, 0) is 0 Å². The quantitative estimate of drug-likeness (QED) is 0.399. The third-order valence-corrected chi connectivity index (χ3v) is 0. The maximum atomic E-state index is 7.17. The van der Waals surface area contributed by atoms with Crippen molar-refractivity contribution in [3.8, 4) is 0 Å². The van der Waals surface area contributed by atoms with E-state index >= 15 is 0 Å². The van der Waals surface area contributed by atoms with E-state index in [1.807, 2.05) is 0 Å². The van der Waals surface area contributed by atoms with Crippen molar-refractivity contribution in [2.45, 2.75) is 0 Å². The van der Waals surface area contributed by atoms with Crippen LogP contribution in [0.2, 0.25) is 0 Å². The first-order chi connectivity index (χ1) is 1.73. The second kappa shape index (κ2) is 15.7. The molecule has 0 aromatic heterocycles. The fourth-order valence-electron chi connectivity index (χ4n) is 0. The van der Waals surface area contributed by atoms with E-state index in [2.05, 4.69) is 0 Å². The summed E-state index contributed by atoms with van der Waals surface area (Å²) in [7, 11) is -2.17. The van der Waals surface area contributed by atoms with Crippen molar-refractivity contribution in [3.05, 3.63) is 0 Å². The predicted molar refractivity (Wildman–Crippen MR) is 28.1 cm³/mol. The molecule has 7 heteroatoms. The average molecular weight is 343 g/mol. The number of rotatable bonds is 0. The Morgan fingerprint density at radius 1 is 1.00 bits per heavy atom. The standard InChI is InChI=1S/BH3O3.Cu.Li.Pb.3H/c2-1(3)4;;;;;;/h2-4H;;;;;;. The summed E-state index contributed by atoms with van der Waals surface area (Å²) in [6.45, 7) is 0. The molecule has 0 aliphatic carbocycles. The van der Waals surface area contributed by atoms with E-state index in [9.17, 15) is 0 Å². The van der Waals surface area contributed by atoms with Gasteiger partial charge in [-0.2, -0.15) is 0 Å². The van der Waals surface area contributed by atoms with Crippen LogP contribution < -0.4 is 0 Å². The molecule has 3 nitrogen and oxygen atoms in total. The van der Waals surface area contributed by atoms with Crippen LogP contribution in [0.25, 0.3) is 0 Å². The first kappa shape index (κ1) is 23.1. The van der Waals surface area contributed by atoms with E-state index in [0.29, 0.717) is 0 Å². The molecule has 0 aromatic rings. The van der Waals surface area contributed by atoms with E-state index in [-0.39, 0.29) is 63.2 Å². The number of hydrogen-bond acceptors (Lipinski definition) is 3. The summed E-state index contributed by atoms with van der Waals surface area (Å²) in [6, 6.07) is 0. The van der Waals surface area contributed by atoms with E-state index < -0.39 is 7.32 Å². The fraction of sp³-hybridized carbons (Fsp3) is 0. The Labute approximate surface area is 84.9 Å². The van der Waals surface area contributed by atoms with Crippen LogP contribution in [-0.2, 0) is 17.1 Å². The molecule has 0 saturated carbocycles. The van der Waals surface area contributed by atoms with Gasteiger partial charge < -0.3 is 15.1 Å². The molecule has 7 heavy (non-hydrogen) atoms. The van der Waals surface area contributed by atoms with Gasteiger partial charge in [0.05, 0.1) is 0 Å². The van der Waals surface area contributed by atoms with Crippen molar-refractivity contribution in [3.63, 3.8) is 0 Å². The molecule has 0 aliphatic heterocycles. The van der Waals surface area contributed by atoms with Crippen molar-refractivity contribution < 1.29 is 32.1 Å². The second-order valence-corrected chi connectivity index (χ2v) is 0.346. The molecule has 0 amide bonds. The molecule has 0 aliphatic rings. The van der Waals surface area contributed by atoms with Crippen LogP contribution in [0.1, 0.15) is 0 Å². The summed E-state index contributed by atoms with van der Waals surface area (Å²) in [6.07, 6.45) is 0. The Morgan fingerprint density at radius 3 is 1.00 bits per heavy atom. The number of hydrogen-bond donors (Lipinski definition) is 3. The second-order valence-electron chi connectivity index (χ2n) is 0.346. The van der Waals surface area contributed by atoms with E-state index in [1.54, 1.807) is 0 Å². The van der Waals surface area contributed by atoms with Crippen molar-refractivity contribution in [2.75, 3.05) is 0 Å². The van der Waals surface area contributed by atoms with Crippen LogP contribution in [0, 0.1) is 0 Å². The Bertz CT molecular complexity index is 19.7. The monoisotopic (exact) mass is 343 g/mol. The van der Waals surface area contributed by atoms with Crippen LogP contribution in [0.15, 0.2) is 0 Å². The molecule has 0 fully saturated rings. The fourth-order valence-corrected chi connectivity index (χ4v) is 0. The average Bonchev–Trinajstić information content (AvgIpc) is 0.811. The van der Waals surface area contributed by atoms with Gasteiger partial charge in [0, 0.05) is 17.1 Å². The Hall–Kier alpha value is 1.98. The van der Waals surface area contributed by atoms with Crippen molar-refractivity contribution in [1.29, 1.82) is 0 Å². The van der Waals surface area contributed by atoms with Crippen LogP contribution in [0.5, 0.6) is 0 Å². The molecule has 0 aromatic carbocycles. The maximum absolute atomic E-state index is 7.17. The van der Waals surface area contributed by atoms with Crippen molar-refractivity contribution >= 4 is 53.5 Å². The van der Waals surface area contributed by atoms with Crippen LogP contribution in [0.4, 0.5) is 0 Å². The van der Waals surface area contributed by atoms with Gasteiger partial charge >= 0.3 is 53.5 Å². The minimum absolute atomic E-state index is 0. The molecule has 3 radical (unpaired) electrons. The van der Waals surface area contributed by atoms with Crippen molar-refractivity contribution in [1.82, 2.24) is 0 Å². The summed E-state index contributed by atoms with van der Waals surface area (Å²) >= 11 is 0. The molecule has 0 spiro atoms. The van der Waals surface area contributed by atoms with Gasteiger partial charge in [0.25, 0.3) is 0 Å². The van der Waals surface area contributed by atoms with Gasteiger partial charge in [-0.25, -0.2) is 0 Å². The first-order valence-corrected chi connectivity index (χ1v) is 0.775. The van der Waals surface area contributed by atoms with Crippen molar-refractivity contribution in [2.24, 2.45) is 0 Å². The van der Waals surface area contributed by atoms with Crippen LogP contribution >= 0.6 is 0 Å². The predicted octanol–water partition coefficient (Wildman–Crippen LogP) is -3.62. The molecule has 0 atom stereocenters. The Morgan fingerprint density at radius 2 is 1.00 bits per heavy atom. The zero-order valence-corrected chi connectivity index (χ0v) is 9.37. The normalized spacial score (nSPS) is 3.86. The summed E-state index contributed by atoms with van der Waals surface area (Å²) in [5.41, 5.74) is 0. The molecule has 0 bridgehead atoms. The zero-order chi connectivity index (χ0) is 3.58. The van der Waals surface area contributed by atoms with Gasteiger partial charge in [-0.15, -0.1) is 0 Å². The molecule has 0 saturated heterocycles. The SMILES string of the molecule is OB(O)O.[Cu].[LiH].[PbH2]. The summed E-state index contributed by atoms with van der Waals surface area (Å²) < 4.78 is 0. The third-order valence-electron chi connectivity index (χ3n) is 0. The zero-order valence-electron chi connectivity index (χ0n) is 2.93. The molecule has 0 heterocycles. The van der Waals surface area contributed by atoms with Crippen LogP contribution in [-0.4, -0.2) is 68.6 Å². The van der Waals surface area contributed by atoms with E-state index in [1.165, 1.54) is 0 Å². The molecule has 0 rings (SSSR count). The minimum atomic E-state index is -2.17. The first-order valence-electron chi connectivity index (χ1n) is 0.775. The summed E-state index contributed by atoms with van der Waals surface area (Å²) in [5.74, 6) is 0. The summed E-state index contributed by atoms with van der Waals surface area (Å²) in [5, 5.41) is 21.5. The van der Waals surface area contributed by atoms with Gasteiger partial charge in [0.1, 0.15) is 0 Å². The van der Waals surface area contributed by atoms with Gasteiger partial charge in [0.15, 0.2) is 0 Å². The Kier molecular flexibility index (Phi) is 51.6. The van der Waals surface area contributed by atoms with Gasteiger partial charge in [-0.3, -0.25) is 0 Å². The molecule has 3 N–H and O–H groups in total. The van der Waals surface area contributed by atoms with E-state index in [4.69, 9.17) is 15.1 Å². The molecule has 43 valence electrons. The van der Waals surface area contributed by atoms with Crippen LogP contribution in [0.3, 0.4) is 0 Å². The van der Waals surface area contributed by atoms with Gasteiger partial charge in [-0.1, -0.05) is 0 Å². The molecular formula is H6BCuLiO3Pb. The Balaban J connectivity index is -0.0000000150.